The van der Waals surface area contributed by atoms with Gasteiger partial charge in [0.2, 0.25) is 0 Å². The third kappa shape index (κ3) is 13.4. The number of benzene rings is 4. The van der Waals surface area contributed by atoms with Gasteiger partial charge in [0.1, 0.15) is 11.5 Å². The van der Waals surface area contributed by atoms with Crippen LogP contribution in [0.15, 0.2) is 94.9 Å². The van der Waals surface area contributed by atoms with Crippen LogP contribution in [-0.2, 0) is 38.7 Å². The molecule has 0 aliphatic heterocycles. The number of hydrogen-bond donors (Lipinski definition) is 2. The molecule has 0 aliphatic rings. The summed E-state index contributed by atoms with van der Waals surface area (Å²) < 4.78 is 0. The maximum absolute atomic E-state index is 10.7. The predicted molar refractivity (Wildman–Crippen MR) is 210 cm³/mol. The Morgan fingerprint density at radius 1 is 0.490 bits per heavy atom. The van der Waals surface area contributed by atoms with Gasteiger partial charge in [0.15, 0.2) is 0 Å². The van der Waals surface area contributed by atoms with Gasteiger partial charge in [-0.2, -0.15) is 0 Å². The van der Waals surface area contributed by atoms with Crippen molar-refractivity contribution in [3.05, 3.63) is 118 Å². The average molecular weight is 738 g/mol. The van der Waals surface area contributed by atoms with Gasteiger partial charge in [-0.1, -0.05) is 132 Å². The summed E-state index contributed by atoms with van der Waals surface area (Å²) in [7, 11) is 9.78. The molecular weight excluding hydrogens is 683 g/mol. The average Bonchev–Trinajstić information content (AvgIpc) is 2.99. The number of aliphatic imine (C=N–C) groups is 2. The van der Waals surface area contributed by atoms with E-state index >= 15 is 0 Å². The first kappa shape index (κ1) is 42.3. The SMILES string of the molecule is CC(C)(C)c1cc(C=Nc2ccccc2)c(O)c(C(C)(C)C)c1.CC(C)(C)c1cc(C=Nc2ccccc2)c(O)c(C(C)(C)C)c1.[Cl][Ti][Cl]. The number of para-hydroxylation sites is 2. The predicted octanol–water partition coefficient (Wildman–Crippen LogP) is 12.9. The van der Waals surface area contributed by atoms with Crippen molar-refractivity contribution in [1.82, 2.24) is 0 Å². The molecule has 262 valence electrons. The second-order valence-corrected chi connectivity index (χ2v) is 18.8. The van der Waals surface area contributed by atoms with Crippen LogP contribution in [0.4, 0.5) is 11.4 Å². The molecule has 0 bridgehead atoms. The fourth-order valence-corrected chi connectivity index (χ4v) is 4.84. The third-order valence-corrected chi connectivity index (χ3v) is 7.84. The summed E-state index contributed by atoms with van der Waals surface area (Å²) in [6, 6.07) is 27.9. The van der Waals surface area contributed by atoms with Gasteiger partial charge in [-0.25, -0.2) is 0 Å². The molecule has 0 radical (unpaired) electrons. The zero-order chi connectivity index (χ0) is 37.2. The Morgan fingerprint density at radius 2 is 0.776 bits per heavy atom. The summed E-state index contributed by atoms with van der Waals surface area (Å²) in [5.41, 5.74) is 7.41. The molecule has 0 heterocycles. The second-order valence-electron chi connectivity index (χ2n) is 16.2. The summed E-state index contributed by atoms with van der Waals surface area (Å²) in [5.74, 6) is 0.648. The van der Waals surface area contributed by atoms with Crippen LogP contribution in [0.2, 0.25) is 0 Å². The van der Waals surface area contributed by atoms with Crippen molar-refractivity contribution in [2.24, 2.45) is 9.98 Å². The number of phenols is 2. The Bertz CT molecular complexity index is 1570. The molecule has 4 aromatic rings. The fourth-order valence-electron chi connectivity index (χ4n) is 4.84. The van der Waals surface area contributed by atoms with Gasteiger partial charge in [-0.3, -0.25) is 9.98 Å². The topological polar surface area (TPSA) is 65.2 Å². The van der Waals surface area contributed by atoms with Gasteiger partial charge in [-0.15, -0.1) is 0 Å². The van der Waals surface area contributed by atoms with E-state index < -0.39 is 17.0 Å². The number of nitrogens with zero attached hydrogens (tertiary/aromatic N) is 2. The van der Waals surface area contributed by atoms with E-state index in [0.717, 1.165) is 33.6 Å². The molecular formula is C42H54Cl2N2O2Ti. The van der Waals surface area contributed by atoms with Crippen molar-refractivity contribution in [2.45, 2.75) is 105 Å². The summed E-state index contributed by atoms with van der Waals surface area (Å²) in [6.07, 6.45) is 3.52. The number of aromatic hydroxyl groups is 2. The Morgan fingerprint density at radius 3 is 1.02 bits per heavy atom. The zero-order valence-corrected chi connectivity index (χ0v) is 34.4. The monoisotopic (exact) mass is 736 g/mol. The Kier molecular flexibility index (Phi) is 15.4. The van der Waals surface area contributed by atoms with Crippen LogP contribution in [0.1, 0.15) is 116 Å². The van der Waals surface area contributed by atoms with Gasteiger partial charge in [0.25, 0.3) is 0 Å². The van der Waals surface area contributed by atoms with Crippen LogP contribution in [0.5, 0.6) is 11.5 Å². The molecule has 0 atom stereocenters. The van der Waals surface area contributed by atoms with Gasteiger partial charge in [0, 0.05) is 34.7 Å². The van der Waals surface area contributed by atoms with Crippen molar-refractivity contribution in [3.8, 4) is 11.5 Å². The summed E-state index contributed by atoms with van der Waals surface area (Å²) >= 11 is -0.556. The molecule has 4 aromatic carbocycles. The molecule has 0 aromatic heterocycles. The Labute approximate surface area is 312 Å². The number of phenolic OH excluding ortho intramolecular Hbond substituents is 2. The minimum atomic E-state index is -0.556. The van der Waals surface area contributed by atoms with Gasteiger partial charge < -0.3 is 10.2 Å². The van der Waals surface area contributed by atoms with E-state index in [1.165, 1.54) is 11.1 Å². The fraction of sp³-hybridized carbons (Fsp3) is 0.381. The number of halogens is 2. The molecule has 4 nitrogen and oxygen atoms in total. The maximum atomic E-state index is 10.7. The van der Waals surface area contributed by atoms with Gasteiger partial charge in [-0.05, 0) is 69.2 Å². The van der Waals surface area contributed by atoms with E-state index in [1.54, 1.807) is 12.4 Å². The molecule has 0 spiro atoms. The minimum absolute atomic E-state index is 0.0169. The quantitative estimate of drug-likeness (QED) is 0.162. The molecule has 0 saturated heterocycles. The van der Waals surface area contributed by atoms with Crippen LogP contribution < -0.4 is 0 Å². The third-order valence-electron chi connectivity index (χ3n) is 7.84. The van der Waals surface area contributed by atoms with Crippen LogP contribution in [0.25, 0.3) is 0 Å². The summed E-state index contributed by atoms with van der Waals surface area (Å²) in [4.78, 5) is 9.00. The second kappa shape index (κ2) is 17.9. The van der Waals surface area contributed by atoms with Crippen LogP contribution in [-0.4, -0.2) is 22.6 Å². The normalized spacial score (nSPS) is 12.3. The molecule has 0 saturated carbocycles. The van der Waals surface area contributed by atoms with Crippen molar-refractivity contribution < 1.29 is 27.2 Å². The molecule has 0 aliphatic carbocycles. The molecule has 49 heavy (non-hydrogen) atoms. The molecule has 0 fully saturated rings. The van der Waals surface area contributed by atoms with Gasteiger partial charge in [0.05, 0.1) is 11.4 Å². The zero-order valence-electron chi connectivity index (χ0n) is 31.3. The van der Waals surface area contributed by atoms with Gasteiger partial charge >= 0.3 is 35.6 Å². The molecule has 0 amide bonds. The first-order valence-electron chi connectivity index (χ1n) is 16.5. The molecule has 4 rings (SSSR count). The first-order chi connectivity index (χ1) is 22.6. The van der Waals surface area contributed by atoms with E-state index in [9.17, 15) is 10.2 Å². The molecule has 0 unspecified atom stereocenters. The van der Waals surface area contributed by atoms with Crippen molar-refractivity contribution in [2.75, 3.05) is 0 Å². The van der Waals surface area contributed by atoms with E-state index in [-0.39, 0.29) is 21.7 Å². The Balaban J connectivity index is 0.000000315. The van der Waals surface area contributed by atoms with Crippen molar-refractivity contribution in [3.63, 3.8) is 0 Å². The standard InChI is InChI=1S/2C21H27NO.2ClH.Ti/c2*1-20(2,3)16-12-15(14-22-17-10-8-7-9-11-17)19(23)18(13-16)21(4,5)6;;;/h2*7-14,23H,1-6H3;2*1H;/q;;;;+2/p-2. The Hall–Kier alpha value is -2.89. The first-order valence-corrected chi connectivity index (χ1v) is 20.8. The van der Waals surface area contributed by atoms with E-state index in [4.69, 9.17) is 18.6 Å². The van der Waals surface area contributed by atoms with Crippen LogP contribution in [0, 0.1) is 0 Å². The van der Waals surface area contributed by atoms with Crippen molar-refractivity contribution in [1.29, 1.82) is 0 Å². The molecule has 7 heteroatoms. The van der Waals surface area contributed by atoms with Crippen LogP contribution >= 0.6 is 18.6 Å². The van der Waals surface area contributed by atoms with Crippen molar-refractivity contribution >= 4 is 42.4 Å². The van der Waals surface area contributed by atoms with E-state index in [2.05, 4.69) is 105 Å². The van der Waals surface area contributed by atoms with E-state index in [0.29, 0.717) is 11.5 Å². The number of hydrogen-bond acceptors (Lipinski definition) is 4. The number of rotatable bonds is 4. The van der Waals surface area contributed by atoms with E-state index in [1.807, 2.05) is 72.8 Å². The van der Waals surface area contributed by atoms with Crippen LogP contribution in [0.3, 0.4) is 0 Å². The summed E-state index contributed by atoms with van der Waals surface area (Å²) in [5, 5.41) is 21.4. The molecule has 2 N–H and O–H groups in total. The summed E-state index contributed by atoms with van der Waals surface area (Å²) in [6.45, 7) is 25.8.